The van der Waals surface area contributed by atoms with Crippen molar-refractivity contribution >= 4 is 17.5 Å². The van der Waals surface area contributed by atoms with Crippen LogP contribution in [0.3, 0.4) is 0 Å². The lowest BCUT2D eigenvalue weighted by molar-refractivity contribution is -0.385. The number of likely N-dealkylation sites (N-methyl/N-ethyl adjacent to an activating group) is 1. The minimum Gasteiger partial charge on any atom is -0.444 e. The van der Waals surface area contributed by atoms with Gasteiger partial charge in [-0.15, -0.1) is 0 Å². The number of likely N-dealkylation sites (tertiary alicyclic amines) is 1. The molecule has 1 atom stereocenters. The molecule has 144 valence electrons. The van der Waals surface area contributed by atoms with Crippen LogP contribution in [0, 0.1) is 15.9 Å². The Morgan fingerprint density at radius 3 is 2.65 bits per heavy atom. The van der Waals surface area contributed by atoms with Crippen molar-refractivity contribution in [1.29, 1.82) is 0 Å². The highest BCUT2D eigenvalue weighted by atomic mass is 19.1. The highest BCUT2D eigenvalue weighted by Crippen LogP contribution is 2.27. The van der Waals surface area contributed by atoms with E-state index in [1.54, 1.807) is 16.8 Å². The Morgan fingerprint density at radius 2 is 2.08 bits per heavy atom. The molecule has 0 radical (unpaired) electrons. The molecule has 0 bridgehead atoms. The van der Waals surface area contributed by atoms with Crippen molar-refractivity contribution in [2.45, 2.75) is 51.7 Å². The molecule has 0 saturated carbocycles. The summed E-state index contributed by atoms with van der Waals surface area (Å²) in [5, 5.41) is 10.8. The molecule has 1 aromatic rings. The van der Waals surface area contributed by atoms with Crippen molar-refractivity contribution in [3.8, 4) is 0 Å². The molecule has 26 heavy (non-hydrogen) atoms. The van der Waals surface area contributed by atoms with Crippen LogP contribution in [0.2, 0.25) is 0 Å². The topological polar surface area (TPSA) is 75.9 Å². The summed E-state index contributed by atoms with van der Waals surface area (Å²) in [4.78, 5) is 26.0. The summed E-state index contributed by atoms with van der Waals surface area (Å²) in [5.41, 5.74) is -0.572. The van der Waals surface area contributed by atoms with Crippen molar-refractivity contribution in [2.75, 3.05) is 25.0 Å². The molecule has 0 N–H and O–H groups in total. The molecule has 1 fully saturated rings. The van der Waals surface area contributed by atoms with E-state index in [2.05, 4.69) is 0 Å². The number of hydrogen-bond acceptors (Lipinski definition) is 5. The minimum absolute atomic E-state index is 0.0963. The number of benzene rings is 1. The molecule has 1 aliphatic rings. The van der Waals surface area contributed by atoms with Gasteiger partial charge in [0.1, 0.15) is 5.60 Å². The van der Waals surface area contributed by atoms with E-state index in [0.29, 0.717) is 13.1 Å². The molecule has 2 rings (SSSR count). The molecular formula is C18H26FN3O4. The maximum Gasteiger partial charge on any atom is 0.410 e. The van der Waals surface area contributed by atoms with E-state index in [4.69, 9.17) is 4.74 Å². The van der Waals surface area contributed by atoms with Crippen LogP contribution < -0.4 is 4.90 Å². The second-order valence-corrected chi connectivity index (χ2v) is 7.58. The number of nitrogens with zero attached hydrogens (tertiary/aromatic N) is 3. The van der Waals surface area contributed by atoms with Crippen LogP contribution in [0.25, 0.3) is 0 Å². The summed E-state index contributed by atoms with van der Waals surface area (Å²) in [6, 6.07) is 3.53. The molecule has 0 aliphatic carbocycles. The number of anilines is 1. The van der Waals surface area contributed by atoms with Crippen LogP contribution >= 0.6 is 0 Å². The van der Waals surface area contributed by atoms with Crippen LogP contribution in [0.4, 0.5) is 20.6 Å². The van der Waals surface area contributed by atoms with Crippen molar-refractivity contribution in [1.82, 2.24) is 4.90 Å². The maximum absolute atomic E-state index is 14.3. The van der Waals surface area contributed by atoms with Crippen molar-refractivity contribution in [3.63, 3.8) is 0 Å². The van der Waals surface area contributed by atoms with E-state index in [9.17, 15) is 19.3 Å². The van der Waals surface area contributed by atoms with Crippen molar-refractivity contribution in [3.05, 3.63) is 34.1 Å². The Balaban J connectivity index is 2.15. The first kappa shape index (κ1) is 19.9. The Hall–Kier alpha value is -2.38. The van der Waals surface area contributed by atoms with Gasteiger partial charge in [0, 0.05) is 32.2 Å². The molecule has 0 aromatic heterocycles. The molecule has 1 amide bonds. The highest BCUT2D eigenvalue weighted by molar-refractivity contribution is 5.68. The highest BCUT2D eigenvalue weighted by Gasteiger charge is 2.29. The molecule has 1 heterocycles. The number of rotatable bonds is 3. The third-order valence-electron chi connectivity index (χ3n) is 4.37. The number of carbonyl (C=O) groups is 1. The maximum atomic E-state index is 14.3. The van der Waals surface area contributed by atoms with Gasteiger partial charge >= 0.3 is 6.09 Å². The third-order valence-corrected chi connectivity index (χ3v) is 4.37. The van der Waals surface area contributed by atoms with Crippen LogP contribution in [-0.4, -0.2) is 47.7 Å². The smallest absolute Gasteiger partial charge is 0.410 e. The summed E-state index contributed by atoms with van der Waals surface area (Å²) in [7, 11) is 1.74. The van der Waals surface area contributed by atoms with Gasteiger partial charge in [0.25, 0.3) is 5.69 Å². The Kier molecular flexibility index (Phi) is 6.05. The standard InChI is InChI=1S/C18H26FN3O4/c1-18(2,3)26-17(23)21-10-6-5-7-14(12-21)20(4)16-9-8-13(22(24)25)11-15(16)19/h8-9,11,14H,5-7,10,12H2,1-4H3. The monoisotopic (exact) mass is 367 g/mol. The van der Waals surface area contributed by atoms with Crippen LogP contribution in [0.1, 0.15) is 40.0 Å². The Bertz CT molecular complexity index is 675. The first-order valence-corrected chi connectivity index (χ1v) is 8.73. The molecule has 1 aromatic carbocycles. The lowest BCUT2D eigenvalue weighted by atomic mass is 10.1. The van der Waals surface area contributed by atoms with Crippen LogP contribution in [-0.2, 0) is 4.74 Å². The quantitative estimate of drug-likeness (QED) is 0.597. The number of nitro groups is 1. The van der Waals surface area contributed by atoms with E-state index in [-0.39, 0.29) is 23.5 Å². The van der Waals surface area contributed by atoms with Gasteiger partial charge in [-0.1, -0.05) is 0 Å². The second kappa shape index (κ2) is 7.88. The zero-order chi connectivity index (χ0) is 19.5. The molecule has 1 aliphatic heterocycles. The number of hydrogen-bond donors (Lipinski definition) is 0. The molecule has 7 nitrogen and oxygen atoms in total. The third kappa shape index (κ3) is 5.06. The van der Waals surface area contributed by atoms with Gasteiger partial charge in [-0.25, -0.2) is 9.18 Å². The predicted molar refractivity (Wildman–Crippen MR) is 96.9 cm³/mol. The largest absolute Gasteiger partial charge is 0.444 e. The van der Waals surface area contributed by atoms with E-state index >= 15 is 0 Å². The average molecular weight is 367 g/mol. The molecule has 8 heteroatoms. The first-order valence-electron chi connectivity index (χ1n) is 8.73. The number of nitro benzene ring substituents is 1. The number of non-ortho nitro benzene ring substituents is 1. The normalized spacial score (nSPS) is 18.2. The van der Waals surface area contributed by atoms with Crippen molar-refractivity contribution < 1.29 is 18.8 Å². The van der Waals surface area contributed by atoms with Gasteiger partial charge in [-0.2, -0.15) is 0 Å². The zero-order valence-electron chi connectivity index (χ0n) is 15.7. The Labute approximate surface area is 152 Å². The fourth-order valence-corrected chi connectivity index (χ4v) is 3.02. The van der Waals surface area contributed by atoms with Gasteiger partial charge in [0.2, 0.25) is 0 Å². The van der Waals surface area contributed by atoms with E-state index in [0.717, 1.165) is 25.3 Å². The van der Waals surface area contributed by atoms with E-state index in [1.807, 2.05) is 20.8 Å². The summed E-state index contributed by atoms with van der Waals surface area (Å²) in [6.45, 7) is 6.47. The SMILES string of the molecule is CN(c1ccc([N+](=O)[O-])cc1F)C1CCCCN(C(=O)OC(C)(C)C)C1. The molecule has 1 unspecified atom stereocenters. The van der Waals surface area contributed by atoms with Crippen LogP contribution in [0.5, 0.6) is 0 Å². The second-order valence-electron chi connectivity index (χ2n) is 7.58. The lowest BCUT2D eigenvalue weighted by Crippen LogP contribution is -2.45. The van der Waals surface area contributed by atoms with Gasteiger partial charge in [-0.05, 0) is 46.1 Å². The number of halogens is 1. The van der Waals surface area contributed by atoms with Gasteiger partial charge in [0.15, 0.2) is 5.82 Å². The van der Waals surface area contributed by atoms with Crippen LogP contribution in [0.15, 0.2) is 18.2 Å². The number of ether oxygens (including phenoxy) is 1. The molecule has 1 saturated heterocycles. The number of amides is 1. The fourth-order valence-electron chi connectivity index (χ4n) is 3.02. The average Bonchev–Trinajstić information content (AvgIpc) is 2.78. The van der Waals surface area contributed by atoms with E-state index < -0.39 is 16.3 Å². The first-order chi connectivity index (χ1) is 12.1. The molecule has 0 spiro atoms. The summed E-state index contributed by atoms with van der Waals surface area (Å²) >= 11 is 0. The summed E-state index contributed by atoms with van der Waals surface area (Å²) in [6.07, 6.45) is 2.18. The van der Waals surface area contributed by atoms with Gasteiger partial charge < -0.3 is 14.5 Å². The summed E-state index contributed by atoms with van der Waals surface area (Å²) < 4.78 is 19.8. The van der Waals surface area contributed by atoms with Gasteiger partial charge in [-0.3, -0.25) is 10.1 Å². The predicted octanol–water partition coefficient (Wildman–Crippen LogP) is 3.96. The number of carbonyl (C=O) groups excluding carboxylic acids is 1. The minimum atomic E-state index is -0.644. The van der Waals surface area contributed by atoms with Crippen molar-refractivity contribution in [2.24, 2.45) is 0 Å². The summed E-state index contributed by atoms with van der Waals surface area (Å²) in [5.74, 6) is -0.644. The zero-order valence-corrected chi connectivity index (χ0v) is 15.7. The Morgan fingerprint density at radius 1 is 1.38 bits per heavy atom. The van der Waals surface area contributed by atoms with E-state index in [1.165, 1.54) is 12.1 Å². The fraction of sp³-hybridized carbons (Fsp3) is 0.611. The molecular weight excluding hydrogens is 341 g/mol. The lowest BCUT2D eigenvalue weighted by Gasteiger charge is -2.33. The van der Waals surface area contributed by atoms with Gasteiger partial charge in [0.05, 0.1) is 16.7 Å².